The minimum atomic E-state index is -0.264. The molecule has 1 N–H and O–H groups in total. The molecule has 4 nitrogen and oxygen atoms in total. The maximum Gasteiger partial charge on any atom is 0.248 e. The van der Waals surface area contributed by atoms with Gasteiger partial charge in [0.15, 0.2) is 0 Å². The minimum Gasteiger partial charge on any atom is -0.489 e. The number of furan rings is 1. The van der Waals surface area contributed by atoms with E-state index in [-0.39, 0.29) is 12.0 Å². The van der Waals surface area contributed by atoms with Gasteiger partial charge in [0.25, 0.3) is 0 Å². The lowest BCUT2D eigenvalue weighted by Gasteiger charge is -2.12. The predicted octanol–water partition coefficient (Wildman–Crippen LogP) is 4.37. The number of carbonyl (C=O) groups excluding carboxylic acids is 1. The smallest absolute Gasteiger partial charge is 0.248 e. The number of amides is 1. The van der Waals surface area contributed by atoms with Gasteiger partial charge in [0.2, 0.25) is 5.91 Å². The topological polar surface area (TPSA) is 51.5 Å². The Labute approximate surface area is 128 Å². The summed E-state index contributed by atoms with van der Waals surface area (Å²) in [5.74, 6) is 0.944. The zero-order valence-corrected chi connectivity index (χ0v) is 12.6. The number of hydrogen-bond donors (Lipinski definition) is 1. The molecular formula is C16H16ClNO3. The second-order valence-electron chi connectivity index (χ2n) is 4.65. The van der Waals surface area contributed by atoms with E-state index < -0.39 is 0 Å². The number of benzene rings is 1. The fraction of sp³-hybridized carbons (Fsp3) is 0.188. The molecule has 5 heteroatoms. The number of hydrogen-bond acceptors (Lipinski definition) is 3. The van der Waals surface area contributed by atoms with E-state index in [4.69, 9.17) is 20.8 Å². The van der Waals surface area contributed by atoms with Crippen LogP contribution in [0.25, 0.3) is 6.08 Å². The molecular weight excluding hydrogens is 290 g/mol. The summed E-state index contributed by atoms with van der Waals surface area (Å²) in [7, 11) is 0. The Balaban J connectivity index is 1.99. The molecule has 0 atom stereocenters. The minimum absolute atomic E-state index is 0.0409. The summed E-state index contributed by atoms with van der Waals surface area (Å²) >= 11 is 6.11. The Bertz CT molecular complexity index is 633. The second-order valence-corrected chi connectivity index (χ2v) is 5.06. The molecule has 1 amide bonds. The van der Waals surface area contributed by atoms with Crippen LogP contribution in [0, 0.1) is 0 Å². The maximum atomic E-state index is 11.8. The van der Waals surface area contributed by atoms with Crippen molar-refractivity contribution in [2.45, 2.75) is 20.0 Å². The largest absolute Gasteiger partial charge is 0.489 e. The third-order valence-electron chi connectivity index (χ3n) is 2.50. The maximum absolute atomic E-state index is 11.8. The van der Waals surface area contributed by atoms with E-state index in [1.165, 1.54) is 6.08 Å². The first kappa shape index (κ1) is 15.2. The molecule has 0 saturated carbocycles. The average molecular weight is 306 g/mol. The van der Waals surface area contributed by atoms with Gasteiger partial charge < -0.3 is 14.5 Å². The van der Waals surface area contributed by atoms with E-state index in [2.05, 4.69) is 5.32 Å². The molecule has 1 aromatic carbocycles. The van der Waals surface area contributed by atoms with Gasteiger partial charge >= 0.3 is 0 Å². The lowest BCUT2D eigenvalue weighted by atomic mass is 10.3. The van der Waals surface area contributed by atoms with Crippen LogP contribution in [-0.2, 0) is 4.79 Å². The molecule has 0 aliphatic carbocycles. The fourth-order valence-corrected chi connectivity index (χ4v) is 1.88. The highest BCUT2D eigenvalue weighted by Crippen LogP contribution is 2.28. The van der Waals surface area contributed by atoms with Gasteiger partial charge in [0.1, 0.15) is 11.5 Å². The molecule has 0 fully saturated rings. The van der Waals surface area contributed by atoms with Gasteiger partial charge in [-0.3, -0.25) is 4.79 Å². The highest BCUT2D eigenvalue weighted by molar-refractivity contribution is 6.32. The number of rotatable bonds is 5. The summed E-state index contributed by atoms with van der Waals surface area (Å²) in [6.45, 7) is 3.84. The Morgan fingerprint density at radius 1 is 1.38 bits per heavy atom. The molecule has 0 unspecified atom stereocenters. The van der Waals surface area contributed by atoms with E-state index >= 15 is 0 Å². The Hall–Kier alpha value is -2.20. The van der Waals surface area contributed by atoms with E-state index in [9.17, 15) is 4.79 Å². The fourth-order valence-electron chi connectivity index (χ4n) is 1.66. The van der Waals surface area contributed by atoms with E-state index in [0.29, 0.717) is 22.2 Å². The van der Waals surface area contributed by atoms with Crippen molar-refractivity contribution in [3.05, 3.63) is 53.5 Å². The van der Waals surface area contributed by atoms with Crippen LogP contribution in [0.1, 0.15) is 19.6 Å². The lowest BCUT2D eigenvalue weighted by molar-refractivity contribution is -0.111. The normalized spacial score (nSPS) is 11.0. The van der Waals surface area contributed by atoms with Crippen LogP contribution in [0.3, 0.4) is 0 Å². The molecule has 1 heterocycles. The van der Waals surface area contributed by atoms with Crippen LogP contribution in [-0.4, -0.2) is 12.0 Å². The quantitative estimate of drug-likeness (QED) is 0.834. The van der Waals surface area contributed by atoms with Crippen molar-refractivity contribution in [1.29, 1.82) is 0 Å². The van der Waals surface area contributed by atoms with Crippen LogP contribution < -0.4 is 10.1 Å². The van der Waals surface area contributed by atoms with E-state index in [1.54, 1.807) is 42.7 Å². The molecule has 1 aromatic heterocycles. The van der Waals surface area contributed by atoms with Crippen molar-refractivity contribution in [3.8, 4) is 5.75 Å². The number of anilines is 1. The molecule has 0 aliphatic rings. The number of halogens is 1. The summed E-state index contributed by atoms with van der Waals surface area (Å²) < 4.78 is 10.6. The van der Waals surface area contributed by atoms with Crippen LogP contribution in [0.5, 0.6) is 5.75 Å². The molecule has 2 rings (SSSR count). The van der Waals surface area contributed by atoms with E-state index in [0.717, 1.165) is 0 Å². The van der Waals surface area contributed by atoms with Crippen LogP contribution in [0.4, 0.5) is 5.69 Å². The van der Waals surface area contributed by atoms with Gasteiger partial charge in [0.05, 0.1) is 17.4 Å². The summed E-state index contributed by atoms with van der Waals surface area (Å²) in [5.41, 5.74) is 0.602. The van der Waals surface area contributed by atoms with Gasteiger partial charge in [0, 0.05) is 11.8 Å². The molecule has 2 aromatic rings. The third kappa shape index (κ3) is 4.68. The zero-order chi connectivity index (χ0) is 15.2. The second kappa shape index (κ2) is 6.99. The number of carbonyl (C=O) groups is 1. The molecule has 0 saturated heterocycles. The zero-order valence-electron chi connectivity index (χ0n) is 11.8. The molecule has 110 valence electrons. The Morgan fingerprint density at radius 2 is 2.19 bits per heavy atom. The summed E-state index contributed by atoms with van der Waals surface area (Å²) in [4.78, 5) is 11.8. The molecule has 0 bridgehead atoms. The van der Waals surface area contributed by atoms with Gasteiger partial charge in [-0.1, -0.05) is 11.6 Å². The number of nitrogens with one attached hydrogen (secondary N) is 1. The third-order valence-corrected chi connectivity index (χ3v) is 2.80. The van der Waals surface area contributed by atoms with Crippen LogP contribution >= 0.6 is 11.6 Å². The number of ether oxygens (including phenoxy) is 1. The lowest BCUT2D eigenvalue weighted by Crippen LogP contribution is -2.09. The van der Waals surface area contributed by atoms with Crippen LogP contribution in [0.15, 0.2) is 47.1 Å². The average Bonchev–Trinajstić information content (AvgIpc) is 2.92. The predicted molar refractivity (Wildman–Crippen MR) is 83.6 cm³/mol. The highest BCUT2D eigenvalue weighted by Gasteiger charge is 2.06. The van der Waals surface area contributed by atoms with Crippen molar-refractivity contribution in [2.75, 3.05) is 5.32 Å². The first-order valence-electron chi connectivity index (χ1n) is 6.53. The monoisotopic (exact) mass is 305 g/mol. The van der Waals surface area contributed by atoms with Crippen LogP contribution in [0.2, 0.25) is 5.02 Å². The van der Waals surface area contributed by atoms with Crippen molar-refractivity contribution >= 4 is 29.3 Å². The van der Waals surface area contributed by atoms with Crippen molar-refractivity contribution in [1.82, 2.24) is 0 Å². The first-order chi connectivity index (χ1) is 10.0. The van der Waals surface area contributed by atoms with Gasteiger partial charge in [-0.2, -0.15) is 0 Å². The SMILES string of the molecule is CC(C)Oc1ccc(NC(=O)/C=C/c2ccco2)cc1Cl. The van der Waals surface area contributed by atoms with Crippen molar-refractivity contribution in [3.63, 3.8) is 0 Å². The molecule has 0 radical (unpaired) electrons. The van der Waals surface area contributed by atoms with Gasteiger partial charge in [-0.25, -0.2) is 0 Å². The van der Waals surface area contributed by atoms with Gasteiger partial charge in [-0.05, 0) is 50.3 Å². The van der Waals surface area contributed by atoms with Crippen molar-refractivity contribution in [2.24, 2.45) is 0 Å². The standard InChI is InChI=1S/C16H16ClNO3/c1-11(2)21-15-7-5-12(10-14(15)17)18-16(19)8-6-13-4-3-9-20-13/h3-11H,1-2H3,(H,18,19)/b8-6+. The first-order valence-corrected chi connectivity index (χ1v) is 6.91. The van der Waals surface area contributed by atoms with Gasteiger partial charge in [-0.15, -0.1) is 0 Å². The van der Waals surface area contributed by atoms with E-state index in [1.807, 2.05) is 13.8 Å². The van der Waals surface area contributed by atoms with Crippen molar-refractivity contribution < 1.29 is 13.9 Å². The molecule has 21 heavy (non-hydrogen) atoms. The highest BCUT2D eigenvalue weighted by atomic mass is 35.5. The molecule has 0 aliphatic heterocycles. The summed E-state index contributed by atoms with van der Waals surface area (Å²) in [5, 5.41) is 3.17. The summed E-state index contributed by atoms with van der Waals surface area (Å²) in [6, 6.07) is 8.64. The summed E-state index contributed by atoms with van der Waals surface area (Å²) in [6.07, 6.45) is 4.57. The molecule has 0 spiro atoms. The Morgan fingerprint density at radius 3 is 2.81 bits per heavy atom. The Kier molecular flexibility index (Phi) is 5.06.